The predicted octanol–water partition coefficient (Wildman–Crippen LogP) is 2.57. The number of hydrogen-bond donors (Lipinski definition) is 1. The zero-order valence-corrected chi connectivity index (χ0v) is 15.6. The third kappa shape index (κ3) is 5.73. The normalized spacial score (nSPS) is 23.9. The molecule has 0 spiro atoms. The van der Waals surface area contributed by atoms with Crippen molar-refractivity contribution in [2.75, 3.05) is 32.7 Å². The second-order valence-electron chi connectivity index (χ2n) is 7.78. The van der Waals surface area contributed by atoms with Crippen molar-refractivity contribution in [3.63, 3.8) is 0 Å². The highest BCUT2D eigenvalue weighted by Gasteiger charge is 2.26. The van der Waals surface area contributed by atoms with Crippen LogP contribution in [-0.4, -0.2) is 64.1 Å². The van der Waals surface area contributed by atoms with Gasteiger partial charge < -0.3 is 19.7 Å². The summed E-state index contributed by atoms with van der Waals surface area (Å²) in [5.41, 5.74) is 0. The number of imidazole rings is 1. The fraction of sp³-hybridized carbons (Fsp3) is 0.789. The smallest absolute Gasteiger partial charge is 0.317 e. The lowest BCUT2D eigenvalue weighted by molar-refractivity contribution is 0.138. The first-order valence-corrected chi connectivity index (χ1v) is 9.94. The average Bonchev–Trinajstić information content (AvgIpc) is 2.97. The first kappa shape index (κ1) is 18.2. The summed E-state index contributed by atoms with van der Waals surface area (Å²) in [7, 11) is 0. The first-order valence-electron chi connectivity index (χ1n) is 9.94. The number of nitrogens with one attached hydrogen (secondary N) is 1. The van der Waals surface area contributed by atoms with E-state index in [4.69, 9.17) is 0 Å². The largest absolute Gasteiger partial charge is 0.335 e. The van der Waals surface area contributed by atoms with Gasteiger partial charge in [0.2, 0.25) is 0 Å². The van der Waals surface area contributed by atoms with Crippen LogP contribution >= 0.6 is 0 Å². The summed E-state index contributed by atoms with van der Waals surface area (Å²) in [5, 5.41) is 3.15. The molecule has 2 atom stereocenters. The molecule has 0 radical (unpaired) electrons. The van der Waals surface area contributed by atoms with E-state index in [1.54, 1.807) is 12.5 Å². The number of carbonyl (C=O) groups is 1. The summed E-state index contributed by atoms with van der Waals surface area (Å²) in [6, 6.07) is 0.195. The third-order valence-electron chi connectivity index (χ3n) is 5.44. The van der Waals surface area contributed by atoms with Gasteiger partial charge in [0, 0.05) is 44.6 Å². The molecule has 1 aromatic rings. The molecule has 2 aliphatic rings. The topological polar surface area (TPSA) is 53.4 Å². The zero-order chi connectivity index (χ0) is 17.5. The standard InChI is InChI=1S/C19H33N5O/c1-17(13-23-12-8-20-16-23)21-19(25)24-11-6-7-18(15-24)14-22-9-4-2-3-5-10-22/h8,12,16-18H,2-7,9-11,13-15H2,1H3,(H,21,25)/t17-,18-/m1/s1. The van der Waals surface area contributed by atoms with E-state index in [0.717, 1.165) is 32.6 Å². The Kier molecular flexibility index (Phi) is 6.73. The molecule has 3 rings (SSSR count). The molecule has 0 aliphatic carbocycles. The maximum Gasteiger partial charge on any atom is 0.317 e. The lowest BCUT2D eigenvalue weighted by atomic mass is 9.97. The van der Waals surface area contributed by atoms with Crippen LogP contribution in [0.1, 0.15) is 45.4 Å². The molecule has 0 saturated carbocycles. The van der Waals surface area contributed by atoms with Crippen LogP contribution in [0.3, 0.4) is 0 Å². The lowest BCUT2D eigenvalue weighted by Crippen LogP contribution is -2.50. The van der Waals surface area contributed by atoms with Gasteiger partial charge in [-0.15, -0.1) is 0 Å². The second kappa shape index (κ2) is 9.22. The van der Waals surface area contributed by atoms with E-state index in [2.05, 4.69) is 22.1 Å². The number of carbonyl (C=O) groups excluding carboxylic acids is 1. The van der Waals surface area contributed by atoms with Crippen molar-refractivity contribution in [2.45, 2.75) is 58.0 Å². The highest BCUT2D eigenvalue weighted by atomic mass is 16.2. The van der Waals surface area contributed by atoms with Gasteiger partial charge in [-0.25, -0.2) is 9.78 Å². The Bertz CT molecular complexity index is 510. The molecule has 2 amide bonds. The molecule has 0 unspecified atom stereocenters. The van der Waals surface area contributed by atoms with Gasteiger partial charge in [0.15, 0.2) is 0 Å². The summed E-state index contributed by atoms with van der Waals surface area (Å²) >= 11 is 0. The van der Waals surface area contributed by atoms with Crippen LogP contribution < -0.4 is 5.32 Å². The second-order valence-corrected chi connectivity index (χ2v) is 7.78. The van der Waals surface area contributed by atoms with E-state index in [0.29, 0.717) is 5.92 Å². The van der Waals surface area contributed by atoms with Gasteiger partial charge in [-0.05, 0) is 51.6 Å². The van der Waals surface area contributed by atoms with E-state index in [1.165, 1.54) is 45.2 Å². The molecule has 2 fully saturated rings. The van der Waals surface area contributed by atoms with Gasteiger partial charge >= 0.3 is 6.03 Å². The number of aromatic nitrogens is 2. The third-order valence-corrected chi connectivity index (χ3v) is 5.44. The van der Waals surface area contributed by atoms with Crippen LogP contribution in [0.4, 0.5) is 4.79 Å². The molecule has 3 heterocycles. The Balaban J connectivity index is 1.44. The van der Waals surface area contributed by atoms with Crippen molar-refractivity contribution >= 4 is 6.03 Å². The Hall–Kier alpha value is -1.56. The van der Waals surface area contributed by atoms with Gasteiger partial charge in [-0.2, -0.15) is 0 Å². The number of likely N-dealkylation sites (tertiary alicyclic amines) is 2. The molecule has 25 heavy (non-hydrogen) atoms. The first-order chi connectivity index (χ1) is 12.2. The number of nitrogens with zero attached hydrogens (tertiary/aromatic N) is 4. The van der Waals surface area contributed by atoms with Gasteiger partial charge in [-0.3, -0.25) is 0 Å². The quantitative estimate of drug-likeness (QED) is 0.891. The number of rotatable bonds is 5. The molecule has 2 saturated heterocycles. The van der Waals surface area contributed by atoms with Gasteiger partial charge in [0.1, 0.15) is 0 Å². The summed E-state index contributed by atoms with van der Waals surface area (Å²) in [6.07, 6.45) is 13.3. The van der Waals surface area contributed by atoms with Crippen molar-refractivity contribution in [1.82, 2.24) is 24.7 Å². The van der Waals surface area contributed by atoms with Crippen LogP contribution in [0.25, 0.3) is 0 Å². The van der Waals surface area contributed by atoms with Gasteiger partial charge in [-0.1, -0.05) is 12.8 Å². The summed E-state index contributed by atoms with van der Waals surface area (Å²) < 4.78 is 2.00. The van der Waals surface area contributed by atoms with Gasteiger partial charge in [0.25, 0.3) is 0 Å². The SMILES string of the molecule is C[C@H](Cn1ccnc1)NC(=O)N1CCC[C@H](CN2CCCCCC2)C1. The Morgan fingerprint density at radius 3 is 2.72 bits per heavy atom. The average molecular weight is 348 g/mol. The zero-order valence-electron chi connectivity index (χ0n) is 15.6. The van der Waals surface area contributed by atoms with Crippen molar-refractivity contribution in [2.24, 2.45) is 5.92 Å². The highest BCUT2D eigenvalue weighted by Crippen LogP contribution is 2.20. The van der Waals surface area contributed by atoms with Crippen molar-refractivity contribution in [1.29, 1.82) is 0 Å². The number of amides is 2. The van der Waals surface area contributed by atoms with Crippen LogP contribution in [0, 0.1) is 5.92 Å². The lowest BCUT2D eigenvalue weighted by Gasteiger charge is -2.36. The minimum Gasteiger partial charge on any atom is -0.335 e. The highest BCUT2D eigenvalue weighted by molar-refractivity contribution is 5.74. The Morgan fingerprint density at radius 2 is 2.00 bits per heavy atom. The molecular formula is C19H33N5O. The van der Waals surface area contributed by atoms with E-state index in [-0.39, 0.29) is 12.1 Å². The van der Waals surface area contributed by atoms with Gasteiger partial charge in [0.05, 0.1) is 6.33 Å². The molecule has 1 aromatic heterocycles. The molecule has 140 valence electrons. The van der Waals surface area contributed by atoms with E-state index >= 15 is 0 Å². The number of urea groups is 1. The van der Waals surface area contributed by atoms with Crippen LogP contribution in [0.5, 0.6) is 0 Å². The fourth-order valence-electron chi connectivity index (χ4n) is 4.14. The molecule has 1 N–H and O–H groups in total. The molecule has 0 aromatic carbocycles. The van der Waals surface area contributed by atoms with Crippen LogP contribution in [0.2, 0.25) is 0 Å². The number of piperidine rings is 1. The summed E-state index contributed by atoms with van der Waals surface area (Å²) in [6.45, 7) is 8.25. The van der Waals surface area contributed by atoms with E-state index < -0.39 is 0 Å². The van der Waals surface area contributed by atoms with E-state index in [9.17, 15) is 4.79 Å². The summed E-state index contributed by atoms with van der Waals surface area (Å²) in [4.78, 5) is 21.3. The predicted molar refractivity (Wildman–Crippen MR) is 99.4 cm³/mol. The minimum atomic E-state index is 0.0909. The monoisotopic (exact) mass is 347 g/mol. The Morgan fingerprint density at radius 1 is 1.20 bits per heavy atom. The maximum absolute atomic E-state index is 12.6. The summed E-state index contributed by atoms with van der Waals surface area (Å²) in [5.74, 6) is 0.626. The molecule has 2 aliphatic heterocycles. The van der Waals surface area contributed by atoms with E-state index in [1.807, 2.05) is 15.7 Å². The minimum absolute atomic E-state index is 0.0909. The van der Waals surface area contributed by atoms with Crippen molar-refractivity contribution in [3.05, 3.63) is 18.7 Å². The molecular weight excluding hydrogens is 314 g/mol. The maximum atomic E-state index is 12.6. The van der Waals surface area contributed by atoms with Crippen LogP contribution in [-0.2, 0) is 6.54 Å². The fourth-order valence-corrected chi connectivity index (χ4v) is 4.14. The van der Waals surface area contributed by atoms with Crippen molar-refractivity contribution < 1.29 is 4.79 Å². The number of hydrogen-bond acceptors (Lipinski definition) is 3. The molecule has 0 bridgehead atoms. The Labute approximate surface area is 151 Å². The van der Waals surface area contributed by atoms with Crippen LogP contribution in [0.15, 0.2) is 18.7 Å². The van der Waals surface area contributed by atoms with Crippen molar-refractivity contribution in [3.8, 4) is 0 Å². The molecule has 6 heteroatoms. The molecule has 6 nitrogen and oxygen atoms in total.